The predicted octanol–water partition coefficient (Wildman–Crippen LogP) is 4.54. The smallest absolute Gasteiger partial charge is 0.256 e. The lowest BCUT2D eigenvalue weighted by atomic mass is 9.98. The first-order chi connectivity index (χ1) is 11.8. The monoisotopic (exact) mass is 317 g/mol. The Morgan fingerprint density at radius 1 is 0.875 bits per heavy atom. The molecule has 3 aromatic carbocycles. The van der Waals surface area contributed by atoms with E-state index < -0.39 is 0 Å². The molecule has 0 unspecified atom stereocenters. The molecule has 0 aliphatic carbocycles. The minimum atomic E-state index is -0.133. The van der Waals surface area contributed by atoms with Crippen molar-refractivity contribution in [1.82, 2.24) is 0 Å². The Morgan fingerprint density at radius 2 is 1.54 bits per heavy atom. The summed E-state index contributed by atoms with van der Waals surface area (Å²) in [4.78, 5) is 12.7. The van der Waals surface area contributed by atoms with Gasteiger partial charge in [-0.2, -0.15) is 0 Å². The summed E-state index contributed by atoms with van der Waals surface area (Å²) in [5, 5.41) is 2.94. The van der Waals surface area contributed by atoms with Crippen LogP contribution < -0.4 is 10.1 Å². The molecule has 0 fully saturated rings. The number of carbonyl (C=O) groups excluding carboxylic acids is 1. The van der Waals surface area contributed by atoms with Gasteiger partial charge in [-0.3, -0.25) is 4.79 Å². The van der Waals surface area contributed by atoms with Gasteiger partial charge in [0.15, 0.2) is 0 Å². The topological polar surface area (TPSA) is 38.3 Å². The van der Waals surface area contributed by atoms with Gasteiger partial charge in [0.2, 0.25) is 0 Å². The Bertz CT molecular complexity index is 814. The lowest BCUT2D eigenvalue weighted by Gasteiger charge is -2.14. The van der Waals surface area contributed by atoms with Crippen molar-refractivity contribution >= 4 is 11.6 Å². The molecule has 120 valence electrons. The third-order valence-electron chi connectivity index (χ3n) is 3.85. The first kappa shape index (κ1) is 15.8. The SMILES string of the molecule is COc1cccc(C(=O)Nc2ccccc2)c1Cc1ccccc1. The van der Waals surface area contributed by atoms with E-state index in [0.29, 0.717) is 12.0 Å². The van der Waals surface area contributed by atoms with Crippen LogP contribution >= 0.6 is 0 Å². The van der Waals surface area contributed by atoms with Crippen molar-refractivity contribution in [1.29, 1.82) is 0 Å². The maximum absolute atomic E-state index is 12.7. The number of para-hydroxylation sites is 1. The van der Waals surface area contributed by atoms with Crippen molar-refractivity contribution in [3.05, 3.63) is 95.6 Å². The molecule has 0 bridgehead atoms. The highest BCUT2D eigenvalue weighted by molar-refractivity contribution is 6.05. The quantitative estimate of drug-likeness (QED) is 0.750. The molecule has 3 heteroatoms. The van der Waals surface area contributed by atoms with Gasteiger partial charge in [0.25, 0.3) is 5.91 Å². The van der Waals surface area contributed by atoms with Crippen LogP contribution in [0.5, 0.6) is 5.75 Å². The molecule has 0 saturated carbocycles. The fourth-order valence-electron chi connectivity index (χ4n) is 2.67. The Morgan fingerprint density at radius 3 is 2.21 bits per heavy atom. The maximum Gasteiger partial charge on any atom is 0.256 e. The summed E-state index contributed by atoms with van der Waals surface area (Å²) in [5.74, 6) is 0.589. The minimum Gasteiger partial charge on any atom is -0.496 e. The number of hydrogen-bond donors (Lipinski definition) is 1. The second-order valence-electron chi connectivity index (χ2n) is 5.47. The van der Waals surface area contributed by atoms with E-state index in [9.17, 15) is 4.79 Å². The van der Waals surface area contributed by atoms with Crippen molar-refractivity contribution < 1.29 is 9.53 Å². The molecule has 0 spiro atoms. The highest BCUT2D eigenvalue weighted by atomic mass is 16.5. The lowest BCUT2D eigenvalue weighted by Crippen LogP contribution is -2.15. The zero-order chi connectivity index (χ0) is 16.8. The molecule has 24 heavy (non-hydrogen) atoms. The van der Waals surface area contributed by atoms with Crippen LogP contribution in [0.15, 0.2) is 78.9 Å². The Balaban J connectivity index is 1.93. The van der Waals surface area contributed by atoms with E-state index in [-0.39, 0.29) is 5.91 Å². The lowest BCUT2D eigenvalue weighted by molar-refractivity contribution is 0.102. The van der Waals surface area contributed by atoms with Crippen LogP contribution in [-0.4, -0.2) is 13.0 Å². The van der Waals surface area contributed by atoms with E-state index in [4.69, 9.17) is 4.74 Å². The average Bonchev–Trinajstić information content (AvgIpc) is 2.63. The third-order valence-corrected chi connectivity index (χ3v) is 3.85. The second-order valence-corrected chi connectivity index (χ2v) is 5.47. The van der Waals surface area contributed by atoms with E-state index in [0.717, 1.165) is 22.6 Å². The largest absolute Gasteiger partial charge is 0.496 e. The number of rotatable bonds is 5. The number of ether oxygens (including phenoxy) is 1. The summed E-state index contributed by atoms with van der Waals surface area (Å²) in [6.07, 6.45) is 0.641. The van der Waals surface area contributed by atoms with Crippen LogP contribution in [0, 0.1) is 0 Å². The van der Waals surface area contributed by atoms with Crippen LogP contribution in [0.4, 0.5) is 5.69 Å². The normalized spacial score (nSPS) is 10.2. The highest BCUT2D eigenvalue weighted by Crippen LogP contribution is 2.26. The number of hydrogen-bond acceptors (Lipinski definition) is 2. The van der Waals surface area contributed by atoms with E-state index in [1.807, 2.05) is 78.9 Å². The van der Waals surface area contributed by atoms with Crippen LogP contribution in [-0.2, 0) is 6.42 Å². The van der Waals surface area contributed by atoms with Gasteiger partial charge in [0, 0.05) is 23.2 Å². The van der Waals surface area contributed by atoms with Crippen molar-refractivity contribution in [2.24, 2.45) is 0 Å². The van der Waals surface area contributed by atoms with Crippen LogP contribution in [0.2, 0.25) is 0 Å². The molecule has 0 aliphatic rings. The van der Waals surface area contributed by atoms with Gasteiger partial charge in [0.05, 0.1) is 7.11 Å². The molecule has 3 aromatic rings. The average molecular weight is 317 g/mol. The Labute approximate surface area is 141 Å². The van der Waals surface area contributed by atoms with Gasteiger partial charge in [-0.05, 0) is 29.8 Å². The number of carbonyl (C=O) groups is 1. The molecule has 1 amide bonds. The zero-order valence-corrected chi connectivity index (χ0v) is 13.5. The summed E-state index contributed by atoms with van der Waals surface area (Å²) in [7, 11) is 1.63. The number of anilines is 1. The fourth-order valence-corrected chi connectivity index (χ4v) is 2.67. The van der Waals surface area contributed by atoms with Crippen LogP contribution in [0.25, 0.3) is 0 Å². The van der Waals surface area contributed by atoms with E-state index in [1.54, 1.807) is 7.11 Å². The van der Waals surface area contributed by atoms with E-state index in [1.165, 1.54) is 0 Å². The fraction of sp³-hybridized carbons (Fsp3) is 0.0952. The zero-order valence-electron chi connectivity index (χ0n) is 13.5. The molecule has 3 nitrogen and oxygen atoms in total. The maximum atomic E-state index is 12.7. The third kappa shape index (κ3) is 3.63. The number of methoxy groups -OCH3 is 1. The van der Waals surface area contributed by atoms with Crippen LogP contribution in [0.3, 0.4) is 0 Å². The molecule has 0 heterocycles. The number of amides is 1. The van der Waals surface area contributed by atoms with Crippen molar-refractivity contribution in [3.63, 3.8) is 0 Å². The number of benzene rings is 3. The molecular formula is C21H19NO2. The second kappa shape index (κ2) is 7.47. The molecular weight excluding hydrogens is 298 g/mol. The standard InChI is InChI=1S/C21H19NO2/c1-24-20-14-8-13-18(19(20)15-16-9-4-2-5-10-16)21(23)22-17-11-6-3-7-12-17/h2-14H,15H2,1H3,(H,22,23). The summed E-state index contributed by atoms with van der Waals surface area (Å²) >= 11 is 0. The predicted molar refractivity (Wildman–Crippen MR) is 96.6 cm³/mol. The molecule has 0 atom stereocenters. The van der Waals surface area contributed by atoms with E-state index >= 15 is 0 Å². The summed E-state index contributed by atoms with van der Waals surface area (Å²) < 4.78 is 5.48. The van der Waals surface area contributed by atoms with Gasteiger partial charge in [-0.15, -0.1) is 0 Å². The molecule has 0 radical (unpaired) electrons. The van der Waals surface area contributed by atoms with Crippen LogP contribution in [0.1, 0.15) is 21.5 Å². The summed E-state index contributed by atoms with van der Waals surface area (Å²) in [5.41, 5.74) is 3.42. The Kier molecular flexibility index (Phi) is 4.92. The van der Waals surface area contributed by atoms with Gasteiger partial charge < -0.3 is 10.1 Å². The summed E-state index contributed by atoms with van der Waals surface area (Å²) in [6.45, 7) is 0. The molecule has 0 aromatic heterocycles. The molecule has 3 rings (SSSR count). The van der Waals surface area contributed by atoms with Crippen molar-refractivity contribution in [3.8, 4) is 5.75 Å². The highest BCUT2D eigenvalue weighted by Gasteiger charge is 2.16. The van der Waals surface area contributed by atoms with Gasteiger partial charge in [-0.25, -0.2) is 0 Å². The minimum absolute atomic E-state index is 0.133. The number of nitrogens with one attached hydrogen (secondary N) is 1. The Hall–Kier alpha value is -3.07. The first-order valence-electron chi connectivity index (χ1n) is 7.84. The van der Waals surface area contributed by atoms with Gasteiger partial charge >= 0.3 is 0 Å². The van der Waals surface area contributed by atoms with Gasteiger partial charge in [-0.1, -0.05) is 54.6 Å². The van der Waals surface area contributed by atoms with Crippen molar-refractivity contribution in [2.45, 2.75) is 6.42 Å². The first-order valence-corrected chi connectivity index (χ1v) is 7.84. The molecule has 0 saturated heterocycles. The van der Waals surface area contributed by atoms with Gasteiger partial charge in [0.1, 0.15) is 5.75 Å². The summed E-state index contributed by atoms with van der Waals surface area (Å²) in [6, 6.07) is 25.1. The van der Waals surface area contributed by atoms with Crippen molar-refractivity contribution in [2.75, 3.05) is 12.4 Å². The van der Waals surface area contributed by atoms with E-state index in [2.05, 4.69) is 5.32 Å². The molecule has 0 aliphatic heterocycles. The molecule has 1 N–H and O–H groups in total.